The van der Waals surface area contributed by atoms with E-state index in [1.165, 1.54) is 12.1 Å². The quantitative estimate of drug-likeness (QED) is 0.332. The first kappa shape index (κ1) is 20.4. The normalized spacial score (nSPS) is 12.2. The van der Waals surface area contributed by atoms with Crippen LogP contribution in [0.25, 0.3) is 0 Å². The fourth-order valence-corrected chi connectivity index (χ4v) is 2.49. The number of rotatable bonds is 10. The average Bonchev–Trinajstić information content (AvgIpc) is 2.55. The number of guanidine groups is 1. The minimum atomic E-state index is -3.65. The van der Waals surface area contributed by atoms with E-state index in [1.807, 2.05) is 13.8 Å². The number of hydrogen-bond donors (Lipinski definition) is 3. The summed E-state index contributed by atoms with van der Waals surface area (Å²) < 4.78 is 27.8. The number of sulfonamides is 1. The standard InChI is InChI=1S/C16H28N4O3S/c1-3-18-16(19-11-5-6-12-23-4-2)20-13-14-7-9-15(10-8-14)24(17,21)22/h7-10H,3-6,11-13H2,1-2H3,(H2,17,21,22)(H2,18,19,20). The van der Waals surface area contributed by atoms with Crippen molar-refractivity contribution >= 4 is 16.0 Å². The Morgan fingerprint density at radius 1 is 1.17 bits per heavy atom. The largest absolute Gasteiger partial charge is 0.382 e. The first-order chi connectivity index (χ1) is 11.5. The summed E-state index contributed by atoms with van der Waals surface area (Å²) in [4.78, 5) is 4.60. The summed E-state index contributed by atoms with van der Waals surface area (Å²) in [5.74, 6) is 0.740. The molecule has 7 nitrogen and oxygen atoms in total. The molecule has 0 amide bonds. The maximum absolute atomic E-state index is 11.2. The van der Waals surface area contributed by atoms with Gasteiger partial charge in [0.1, 0.15) is 0 Å². The maximum Gasteiger partial charge on any atom is 0.238 e. The van der Waals surface area contributed by atoms with E-state index in [0.717, 1.165) is 50.7 Å². The number of nitrogens with two attached hydrogens (primary N) is 1. The summed E-state index contributed by atoms with van der Waals surface area (Å²) in [5, 5.41) is 11.5. The Kier molecular flexibility index (Phi) is 9.36. The van der Waals surface area contributed by atoms with Crippen molar-refractivity contribution in [3.8, 4) is 0 Å². The van der Waals surface area contributed by atoms with Crippen LogP contribution in [0.15, 0.2) is 34.2 Å². The molecule has 0 fully saturated rings. The highest BCUT2D eigenvalue weighted by Gasteiger charge is 2.06. The van der Waals surface area contributed by atoms with Crippen LogP contribution in [0.5, 0.6) is 0 Å². The van der Waals surface area contributed by atoms with E-state index in [9.17, 15) is 8.42 Å². The summed E-state index contributed by atoms with van der Waals surface area (Å²) in [6.45, 7) is 7.58. The van der Waals surface area contributed by atoms with Gasteiger partial charge in [0.2, 0.25) is 10.0 Å². The molecule has 0 aromatic heterocycles. The summed E-state index contributed by atoms with van der Waals surface area (Å²) in [6.07, 6.45) is 2.02. The van der Waals surface area contributed by atoms with Crippen LogP contribution in [-0.2, 0) is 21.3 Å². The van der Waals surface area contributed by atoms with Crippen molar-refractivity contribution in [3.05, 3.63) is 29.8 Å². The molecule has 0 aliphatic heterocycles. The lowest BCUT2D eigenvalue weighted by Gasteiger charge is -2.11. The number of primary sulfonamides is 1. The second-order valence-electron chi connectivity index (χ2n) is 5.21. The van der Waals surface area contributed by atoms with Crippen molar-refractivity contribution in [1.29, 1.82) is 0 Å². The van der Waals surface area contributed by atoms with Crippen LogP contribution in [0.2, 0.25) is 0 Å². The van der Waals surface area contributed by atoms with Crippen LogP contribution >= 0.6 is 0 Å². The summed E-state index contributed by atoms with van der Waals surface area (Å²) in [6, 6.07) is 6.42. The molecule has 1 aromatic carbocycles. The van der Waals surface area contributed by atoms with E-state index in [-0.39, 0.29) is 4.90 Å². The molecule has 0 unspecified atom stereocenters. The Labute approximate surface area is 144 Å². The fourth-order valence-electron chi connectivity index (χ4n) is 1.98. The zero-order chi connectivity index (χ0) is 17.8. The molecule has 0 saturated heterocycles. The highest BCUT2D eigenvalue weighted by atomic mass is 32.2. The number of benzene rings is 1. The Morgan fingerprint density at radius 2 is 1.88 bits per heavy atom. The zero-order valence-electron chi connectivity index (χ0n) is 14.4. The van der Waals surface area contributed by atoms with Crippen LogP contribution in [0.1, 0.15) is 32.3 Å². The van der Waals surface area contributed by atoms with Gasteiger partial charge in [-0.1, -0.05) is 12.1 Å². The Hall–Kier alpha value is -1.64. The van der Waals surface area contributed by atoms with Crippen LogP contribution in [0.3, 0.4) is 0 Å². The average molecular weight is 356 g/mol. The van der Waals surface area contributed by atoms with Gasteiger partial charge in [0, 0.05) is 26.3 Å². The molecule has 0 radical (unpaired) electrons. The summed E-state index contributed by atoms with van der Waals surface area (Å²) in [5.41, 5.74) is 0.913. The monoisotopic (exact) mass is 356 g/mol. The van der Waals surface area contributed by atoms with Gasteiger partial charge in [-0.05, 0) is 44.4 Å². The molecule has 1 rings (SSSR count). The number of aliphatic imine (C=N–C) groups is 1. The Morgan fingerprint density at radius 3 is 2.46 bits per heavy atom. The summed E-state index contributed by atoms with van der Waals surface area (Å²) in [7, 11) is -3.65. The van der Waals surface area contributed by atoms with Gasteiger partial charge >= 0.3 is 0 Å². The molecule has 136 valence electrons. The number of hydrogen-bond acceptors (Lipinski definition) is 4. The van der Waals surface area contributed by atoms with E-state index in [1.54, 1.807) is 12.1 Å². The lowest BCUT2D eigenvalue weighted by Crippen LogP contribution is -2.37. The van der Waals surface area contributed by atoms with E-state index in [4.69, 9.17) is 9.88 Å². The molecular formula is C16H28N4O3S. The molecule has 0 spiro atoms. The van der Waals surface area contributed by atoms with Crippen molar-refractivity contribution in [1.82, 2.24) is 10.6 Å². The molecule has 0 heterocycles. The molecule has 1 aromatic rings. The Bertz CT molecular complexity index is 600. The molecular weight excluding hydrogens is 328 g/mol. The highest BCUT2D eigenvalue weighted by Crippen LogP contribution is 2.09. The molecule has 8 heteroatoms. The molecule has 0 aliphatic rings. The smallest absolute Gasteiger partial charge is 0.238 e. The van der Waals surface area contributed by atoms with E-state index < -0.39 is 10.0 Å². The van der Waals surface area contributed by atoms with Crippen molar-refractivity contribution < 1.29 is 13.2 Å². The predicted molar refractivity (Wildman–Crippen MR) is 96.4 cm³/mol. The zero-order valence-corrected chi connectivity index (χ0v) is 15.2. The molecule has 4 N–H and O–H groups in total. The van der Waals surface area contributed by atoms with Crippen LogP contribution in [-0.4, -0.2) is 40.7 Å². The molecule has 0 bridgehead atoms. The third-order valence-corrected chi connectivity index (χ3v) is 4.16. The molecule has 0 atom stereocenters. The third kappa shape index (κ3) is 8.28. The first-order valence-electron chi connectivity index (χ1n) is 8.19. The van der Waals surface area contributed by atoms with Crippen LogP contribution < -0.4 is 15.8 Å². The lowest BCUT2D eigenvalue weighted by atomic mass is 10.2. The van der Waals surface area contributed by atoms with Crippen LogP contribution in [0.4, 0.5) is 0 Å². The van der Waals surface area contributed by atoms with Gasteiger partial charge in [-0.2, -0.15) is 0 Å². The van der Waals surface area contributed by atoms with Gasteiger partial charge in [-0.15, -0.1) is 0 Å². The van der Waals surface area contributed by atoms with Gasteiger partial charge < -0.3 is 15.4 Å². The van der Waals surface area contributed by atoms with Gasteiger partial charge in [-0.3, -0.25) is 0 Å². The second kappa shape index (κ2) is 11.0. The predicted octanol–water partition coefficient (Wildman–Crippen LogP) is 1.21. The van der Waals surface area contributed by atoms with Gasteiger partial charge in [-0.25, -0.2) is 18.5 Å². The van der Waals surface area contributed by atoms with E-state index >= 15 is 0 Å². The number of unbranched alkanes of at least 4 members (excludes halogenated alkanes) is 1. The van der Waals surface area contributed by atoms with Crippen molar-refractivity contribution in [2.75, 3.05) is 26.3 Å². The first-order valence-corrected chi connectivity index (χ1v) is 9.73. The minimum absolute atomic E-state index is 0.106. The SMILES string of the molecule is CCNC(=NCc1ccc(S(N)(=O)=O)cc1)NCCCCOCC. The molecule has 0 aliphatic carbocycles. The number of ether oxygens (including phenoxy) is 1. The summed E-state index contributed by atoms with van der Waals surface area (Å²) >= 11 is 0. The van der Waals surface area contributed by atoms with Gasteiger partial charge in [0.05, 0.1) is 11.4 Å². The third-order valence-electron chi connectivity index (χ3n) is 3.23. The van der Waals surface area contributed by atoms with Crippen LogP contribution in [0, 0.1) is 0 Å². The lowest BCUT2D eigenvalue weighted by molar-refractivity contribution is 0.143. The fraction of sp³-hybridized carbons (Fsp3) is 0.562. The van der Waals surface area contributed by atoms with Crippen molar-refractivity contribution in [2.45, 2.75) is 38.1 Å². The highest BCUT2D eigenvalue weighted by molar-refractivity contribution is 7.89. The van der Waals surface area contributed by atoms with Crippen molar-refractivity contribution in [2.24, 2.45) is 10.1 Å². The number of nitrogens with zero attached hydrogens (tertiary/aromatic N) is 1. The minimum Gasteiger partial charge on any atom is -0.382 e. The van der Waals surface area contributed by atoms with Gasteiger partial charge in [0.25, 0.3) is 0 Å². The Balaban J connectivity index is 2.50. The maximum atomic E-state index is 11.2. The molecule has 0 saturated carbocycles. The second-order valence-corrected chi connectivity index (χ2v) is 6.78. The topological polar surface area (TPSA) is 106 Å². The molecule has 24 heavy (non-hydrogen) atoms. The van der Waals surface area contributed by atoms with Crippen molar-refractivity contribution in [3.63, 3.8) is 0 Å². The number of nitrogens with one attached hydrogen (secondary N) is 2. The van der Waals surface area contributed by atoms with Gasteiger partial charge in [0.15, 0.2) is 5.96 Å². The van der Waals surface area contributed by atoms with E-state index in [0.29, 0.717) is 6.54 Å². The van der Waals surface area contributed by atoms with E-state index in [2.05, 4.69) is 15.6 Å².